The lowest BCUT2D eigenvalue weighted by atomic mass is 10.1. The zero-order valence-corrected chi connectivity index (χ0v) is 16.0. The summed E-state index contributed by atoms with van der Waals surface area (Å²) in [6.45, 7) is 0.142. The quantitative estimate of drug-likeness (QED) is 0.524. The summed E-state index contributed by atoms with van der Waals surface area (Å²) in [7, 11) is 2.88. The lowest BCUT2D eigenvalue weighted by molar-refractivity contribution is -0.124. The van der Waals surface area contributed by atoms with Crippen molar-refractivity contribution in [1.82, 2.24) is 5.32 Å². The monoisotopic (exact) mass is 391 g/mol. The van der Waals surface area contributed by atoms with Gasteiger partial charge in [0.25, 0.3) is 5.91 Å². The first-order valence-corrected chi connectivity index (χ1v) is 8.82. The highest BCUT2D eigenvalue weighted by atomic mass is 35.5. The van der Waals surface area contributed by atoms with Crippen LogP contribution in [0.15, 0.2) is 42.5 Å². The molecule has 2 aromatic rings. The van der Waals surface area contributed by atoms with E-state index < -0.39 is 5.97 Å². The van der Waals surface area contributed by atoms with E-state index in [-0.39, 0.29) is 23.1 Å². The lowest BCUT2D eigenvalue weighted by Crippen LogP contribution is -2.29. The summed E-state index contributed by atoms with van der Waals surface area (Å²) >= 11 is 6.06. The Kier molecular flexibility index (Phi) is 7.95. The van der Waals surface area contributed by atoms with Gasteiger partial charge in [-0.1, -0.05) is 41.9 Å². The first-order valence-electron chi connectivity index (χ1n) is 8.44. The van der Waals surface area contributed by atoms with Crippen LogP contribution in [0.4, 0.5) is 0 Å². The van der Waals surface area contributed by atoms with E-state index in [2.05, 4.69) is 5.32 Å². The summed E-state index contributed by atoms with van der Waals surface area (Å²) in [4.78, 5) is 23.9. The topological polar surface area (TPSA) is 73.9 Å². The van der Waals surface area contributed by atoms with Crippen LogP contribution in [0.5, 0.6) is 11.5 Å². The zero-order chi connectivity index (χ0) is 19.6. The number of hydrogen-bond acceptors (Lipinski definition) is 5. The highest BCUT2D eigenvalue weighted by Crippen LogP contribution is 2.36. The van der Waals surface area contributed by atoms with Gasteiger partial charge in [-0.2, -0.15) is 0 Å². The zero-order valence-electron chi connectivity index (χ0n) is 15.3. The third kappa shape index (κ3) is 6.18. The second kappa shape index (κ2) is 10.4. The molecule has 0 heterocycles. The molecule has 0 bridgehead atoms. The molecule has 0 spiro atoms. The van der Waals surface area contributed by atoms with Crippen molar-refractivity contribution in [3.63, 3.8) is 0 Å². The fourth-order valence-electron chi connectivity index (χ4n) is 2.47. The minimum atomic E-state index is -0.669. The number of benzene rings is 2. The van der Waals surface area contributed by atoms with Gasteiger partial charge in [0.15, 0.2) is 18.1 Å². The number of carbonyl (C=O) groups excluding carboxylic acids is 2. The maximum absolute atomic E-state index is 12.1. The molecule has 27 heavy (non-hydrogen) atoms. The van der Waals surface area contributed by atoms with Crippen molar-refractivity contribution in [2.45, 2.75) is 12.8 Å². The van der Waals surface area contributed by atoms with E-state index in [0.29, 0.717) is 18.0 Å². The fraction of sp³-hybridized carbons (Fsp3) is 0.300. The average Bonchev–Trinajstić information content (AvgIpc) is 2.69. The number of esters is 1. The Morgan fingerprint density at radius 1 is 1.07 bits per heavy atom. The standard InChI is InChI=1S/C20H22ClNO5/c1-25-17-12-15(11-16(21)19(17)26-2)20(24)27-13-18(23)22-10-6-9-14-7-4-3-5-8-14/h3-5,7-8,11-12H,6,9-10,13H2,1-2H3,(H,22,23). The van der Waals surface area contributed by atoms with Crippen molar-refractivity contribution in [2.75, 3.05) is 27.4 Å². The molecule has 0 unspecified atom stereocenters. The van der Waals surface area contributed by atoms with Crippen LogP contribution >= 0.6 is 11.6 Å². The highest BCUT2D eigenvalue weighted by molar-refractivity contribution is 6.32. The van der Waals surface area contributed by atoms with Gasteiger partial charge in [-0.15, -0.1) is 0 Å². The molecule has 2 rings (SSSR count). The van der Waals surface area contributed by atoms with Crippen LogP contribution in [0.3, 0.4) is 0 Å². The molecular formula is C20H22ClNO5. The number of aryl methyl sites for hydroxylation is 1. The summed E-state index contributed by atoms with van der Waals surface area (Å²) in [5, 5.41) is 2.94. The van der Waals surface area contributed by atoms with Gasteiger partial charge in [-0.3, -0.25) is 4.79 Å². The van der Waals surface area contributed by atoms with E-state index in [0.717, 1.165) is 12.8 Å². The molecule has 0 radical (unpaired) electrons. The number of carbonyl (C=O) groups is 2. The van der Waals surface area contributed by atoms with Crippen LogP contribution in [-0.2, 0) is 16.0 Å². The minimum absolute atomic E-state index is 0.175. The first kappa shape index (κ1) is 20.6. The molecule has 0 saturated heterocycles. The van der Waals surface area contributed by atoms with Crippen LogP contribution < -0.4 is 14.8 Å². The van der Waals surface area contributed by atoms with Crippen LogP contribution in [0.25, 0.3) is 0 Å². The number of nitrogens with one attached hydrogen (secondary N) is 1. The van der Waals surface area contributed by atoms with Crippen molar-refractivity contribution >= 4 is 23.5 Å². The second-order valence-corrected chi connectivity index (χ2v) is 6.12. The molecule has 0 aliphatic rings. The molecular weight excluding hydrogens is 370 g/mol. The minimum Gasteiger partial charge on any atom is -0.493 e. The fourth-order valence-corrected chi connectivity index (χ4v) is 2.75. The number of ether oxygens (including phenoxy) is 3. The van der Waals surface area contributed by atoms with Crippen molar-refractivity contribution in [1.29, 1.82) is 0 Å². The van der Waals surface area contributed by atoms with Crippen LogP contribution in [0, 0.1) is 0 Å². The number of methoxy groups -OCH3 is 2. The summed E-state index contributed by atoms with van der Waals surface area (Å²) in [6, 6.07) is 12.9. The van der Waals surface area contributed by atoms with Crippen LogP contribution in [-0.4, -0.2) is 39.2 Å². The Bertz CT molecular complexity index is 779. The Morgan fingerprint density at radius 2 is 1.81 bits per heavy atom. The van der Waals surface area contributed by atoms with E-state index in [9.17, 15) is 9.59 Å². The molecule has 1 N–H and O–H groups in total. The van der Waals surface area contributed by atoms with Gasteiger partial charge in [0.05, 0.1) is 24.8 Å². The van der Waals surface area contributed by atoms with Crippen molar-refractivity contribution in [3.8, 4) is 11.5 Å². The molecule has 0 saturated carbocycles. The molecule has 144 valence electrons. The number of halogens is 1. The molecule has 2 aromatic carbocycles. The van der Waals surface area contributed by atoms with Gasteiger partial charge in [0, 0.05) is 6.54 Å². The van der Waals surface area contributed by atoms with E-state index in [1.807, 2.05) is 30.3 Å². The maximum Gasteiger partial charge on any atom is 0.338 e. The molecule has 7 heteroatoms. The Morgan fingerprint density at radius 3 is 2.48 bits per heavy atom. The Labute approximate surface area is 163 Å². The van der Waals surface area contributed by atoms with Gasteiger partial charge >= 0.3 is 5.97 Å². The summed E-state index contributed by atoms with van der Waals surface area (Å²) in [5.41, 5.74) is 1.39. The smallest absolute Gasteiger partial charge is 0.338 e. The van der Waals surface area contributed by atoms with E-state index in [1.165, 1.54) is 31.9 Å². The molecule has 6 nitrogen and oxygen atoms in total. The predicted octanol–water partition coefficient (Wildman–Crippen LogP) is 3.26. The van der Waals surface area contributed by atoms with Crippen molar-refractivity contribution in [3.05, 3.63) is 58.6 Å². The Hall–Kier alpha value is -2.73. The highest BCUT2D eigenvalue weighted by Gasteiger charge is 2.17. The SMILES string of the molecule is COc1cc(C(=O)OCC(=O)NCCCc2ccccc2)cc(Cl)c1OC. The van der Waals surface area contributed by atoms with Gasteiger partial charge in [-0.05, 0) is 30.5 Å². The van der Waals surface area contributed by atoms with E-state index >= 15 is 0 Å². The van der Waals surface area contributed by atoms with E-state index in [1.54, 1.807) is 0 Å². The number of rotatable bonds is 9. The van der Waals surface area contributed by atoms with Crippen molar-refractivity contribution < 1.29 is 23.8 Å². The average molecular weight is 392 g/mol. The van der Waals surface area contributed by atoms with E-state index in [4.69, 9.17) is 25.8 Å². The summed E-state index contributed by atoms with van der Waals surface area (Å²) in [6.07, 6.45) is 1.67. The van der Waals surface area contributed by atoms with Gasteiger partial charge < -0.3 is 19.5 Å². The van der Waals surface area contributed by atoms with Crippen LogP contribution in [0.1, 0.15) is 22.3 Å². The number of hydrogen-bond donors (Lipinski definition) is 1. The molecule has 0 fully saturated rings. The van der Waals surface area contributed by atoms with Crippen LogP contribution in [0.2, 0.25) is 5.02 Å². The molecule has 0 aliphatic carbocycles. The predicted molar refractivity (Wildman–Crippen MR) is 103 cm³/mol. The number of amides is 1. The van der Waals surface area contributed by atoms with Gasteiger partial charge in [0.1, 0.15) is 0 Å². The molecule has 0 aromatic heterocycles. The summed E-state index contributed by atoms with van der Waals surface area (Å²) < 4.78 is 15.3. The third-order valence-electron chi connectivity index (χ3n) is 3.81. The molecule has 0 aliphatic heterocycles. The van der Waals surface area contributed by atoms with Gasteiger partial charge in [-0.25, -0.2) is 4.79 Å². The lowest BCUT2D eigenvalue weighted by Gasteiger charge is -2.11. The third-order valence-corrected chi connectivity index (χ3v) is 4.09. The first-order chi connectivity index (χ1) is 13.0. The normalized spacial score (nSPS) is 10.2. The molecule has 1 amide bonds. The molecule has 0 atom stereocenters. The largest absolute Gasteiger partial charge is 0.493 e. The maximum atomic E-state index is 12.1. The second-order valence-electron chi connectivity index (χ2n) is 5.71. The Balaban J connectivity index is 1.77. The van der Waals surface area contributed by atoms with Crippen molar-refractivity contribution in [2.24, 2.45) is 0 Å². The summed E-state index contributed by atoms with van der Waals surface area (Å²) in [5.74, 6) is -0.394. The van der Waals surface area contributed by atoms with Gasteiger partial charge in [0.2, 0.25) is 0 Å².